The van der Waals surface area contributed by atoms with Gasteiger partial charge in [-0.25, -0.2) is 9.71 Å². The third kappa shape index (κ3) is 3.56. The van der Waals surface area contributed by atoms with E-state index < -0.39 is 15.7 Å². The Labute approximate surface area is 190 Å². The van der Waals surface area contributed by atoms with Crippen LogP contribution in [0.1, 0.15) is 6.42 Å². The lowest BCUT2D eigenvalue weighted by molar-refractivity contribution is 0.0710. The highest BCUT2D eigenvalue weighted by Crippen LogP contribution is 2.35. The van der Waals surface area contributed by atoms with Crippen molar-refractivity contribution in [1.82, 2.24) is 38.6 Å². The van der Waals surface area contributed by atoms with Gasteiger partial charge < -0.3 is 0 Å². The van der Waals surface area contributed by atoms with E-state index in [0.29, 0.717) is 11.4 Å². The first-order valence-corrected chi connectivity index (χ1v) is 11.7. The zero-order chi connectivity index (χ0) is 23.2. The van der Waals surface area contributed by atoms with Crippen LogP contribution in [0.15, 0.2) is 49.1 Å². The fraction of sp³-hybridized carbons (Fsp3) is 0.286. The van der Waals surface area contributed by atoms with E-state index in [-0.39, 0.29) is 19.5 Å². The minimum absolute atomic E-state index is 0.134. The monoisotopic (exact) mass is 463 g/mol. The zero-order valence-electron chi connectivity index (χ0n) is 18.0. The molecule has 1 fully saturated rings. The van der Waals surface area contributed by atoms with E-state index in [4.69, 9.17) is 10.1 Å². The van der Waals surface area contributed by atoms with E-state index in [1.54, 1.807) is 28.0 Å². The van der Waals surface area contributed by atoms with Crippen LogP contribution in [0.5, 0.6) is 0 Å². The maximum absolute atomic E-state index is 12.1. The molecule has 5 rings (SSSR count). The number of rotatable bonds is 6. The molecule has 1 saturated heterocycles. The molecule has 4 aromatic heterocycles. The van der Waals surface area contributed by atoms with Crippen molar-refractivity contribution in [2.45, 2.75) is 12.0 Å². The largest absolute Gasteiger partial charge is 0.279 e. The molecule has 0 spiro atoms. The van der Waals surface area contributed by atoms with Gasteiger partial charge in [-0.05, 0) is 24.3 Å². The predicted octanol–water partition coefficient (Wildman–Crippen LogP) is 1.28. The summed E-state index contributed by atoms with van der Waals surface area (Å²) >= 11 is 0. The molecule has 11 nitrogen and oxygen atoms in total. The van der Waals surface area contributed by atoms with Gasteiger partial charge in [-0.1, -0.05) is 0 Å². The standard InChI is InChI=1S/C21H21N9O2S/c1-23-33(31,32)29-13-21(14-29,6-7-22)30-9-5-17(27-30)20-16-4-3-8-24-19(16)10-18(26-20)15-11-25-28(2)12-15/h3-5,8-12,23H,6,13-14H2,1-2H3. The minimum Gasteiger partial charge on any atom is -0.275 e. The van der Waals surface area contributed by atoms with E-state index in [9.17, 15) is 13.7 Å². The summed E-state index contributed by atoms with van der Waals surface area (Å²) in [5.41, 5.74) is 2.90. The average molecular weight is 464 g/mol. The first-order valence-electron chi connectivity index (χ1n) is 10.2. The molecule has 0 unspecified atom stereocenters. The van der Waals surface area contributed by atoms with Gasteiger partial charge in [0.2, 0.25) is 0 Å². The van der Waals surface area contributed by atoms with Crippen molar-refractivity contribution in [2.24, 2.45) is 7.05 Å². The number of hydrogen-bond donors (Lipinski definition) is 1. The molecule has 5 heterocycles. The second kappa shape index (κ2) is 7.73. The SMILES string of the molecule is CNS(=O)(=O)N1CC(CC#N)(n2ccc(-c3nc(-c4cnn(C)c4)cc4ncccc34)n2)C1. The van der Waals surface area contributed by atoms with Gasteiger partial charge in [-0.15, -0.1) is 0 Å². The molecule has 33 heavy (non-hydrogen) atoms. The normalized spacial score (nSPS) is 15.9. The lowest BCUT2D eigenvalue weighted by Crippen LogP contribution is -2.65. The Hall–Kier alpha value is -3.66. The molecule has 0 saturated carbocycles. The number of aromatic nitrogens is 6. The average Bonchev–Trinajstić information content (AvgIpc) is 3.45. The van der Waals surface area contributed by atoms with Gasteiger partial charge >= 0.3 is 0 Å². The molecule has 0 aliphatic carbocycles. The highest BCUT2D eigenvalue weighted by molar-refractivity contribution is 7.87. The fourth-order valence-electron chi connectivity index (χ4n) is 4.08. The number of fused-ring (bicyclic) bond motifs is 1. The van der Waals surface area contributed by atoms with Gasteiger partial charge in [0.1, 0.15) is 16.9 Å². The summed E-state index contributed by atoms with van der Waals surface area (Å²) < 4.78 is 31.3. The van der Waals surface area contributed by atoms with Crippen molar-refractivity contribution in [1.29, 1.82) is 5.26 Å². The van der Waals surface area contributed by atoms with Crippen molar-refractivity contribution >= 4 is 21.1 Å². The molecule has 12 heteroatoms. The Bertz CT molecular complexity index is 1490. The molecular formula is C21H21N9O2S. The van der Waals surface area contributed by atoms with Crippen molar-refractivity contribution in [3.63, 3.8) is 0 Å². The Balaban J connectivity index is 1.57. The second-order valence-corrected chi connectivity index (χ2v) is 9.89. The molecule has 0 aromatic carbocycles. The number of aryl methyl sites for hydroxylation is 1. The summed E-state index contributed by atoms with van der Waals surface area (Å²) in [6, 6.07) is 9.70. The van der Waals surface area contributed by atoms with E-state index >= 15 is 0 Å². The highest BCUT2D eigenvalue weighted by Gasteiger charge is 2.50. The minimum atomic E-state index is -3.56. The lowest BCUT2D eigenvalue weighted by Gasteiger charge is -2.47. The van der Waals surface area contributed by atoms with Crippen LogP contribution in [0.3, 0.4) is 0 Å². The third-order valence-electron chi connectivity index (χ3n) is 5.87. The Morgan fingerprint density at radius 3 is 2.79 bits per heavy atom. The third-order valence-corrected chi connectivity index (χ3v) is 7.32. The smallest absolute Gasteiger partial charge is 0.275 e. The fourth-order valence-corrected chi connectivity index (χ4v) is 5.16. The summed E-state index contributed by atoms with van der Waals surface area (Å²) in [6.07, 6.45) is 7.26. The Morgan fingerprint density at radius 1 is 1.27 bits per heavy atom. The first kappa shape index (κ1) is 21.2. The van der Waals surface area contributed by atoms with E-state index in [0.717, 1.165) is 22.2 Å². The van der Waals surface area contributed by atoms with E-state index in [1.807, 2.05) is 37.5 Å². The summed E-state index contributed by atoms with van der Waals surface area (Å²) in [6.45, 7) is 0.326. The topological polar surface area (TPSA) is 135 Å². The van der Waals surface area contributed by atoms with E-state index in [1.165, 1.54) is 11.4 Å². The van der Waals surface area contributed by atoms with Crippen LogP contribution in [0.2, 0.25) is 0 Å². The van der Waals surface area contributed by atoms with Crippen LogP contribution in [0.4, 0.5) is 0 Å². The molecule has 168 valence electrons. The second-order valence-electron chi connectivity index (χ2n) is 8.01. The molecule has 1 N–H and O–H groups in total. The summed E-state index contributed by atoms with van der Waals surface area (Å²) in [4.78, 5) is 9.35. The molecule has 0 amide bonds. The molecule has 0 radical (unpaired) electrons. The molecular weight excluding hydrogens is 442 g/mol. The van der Waals surface area contributed by atoms with Crippen LogP contribution >= 0.6 is 0 Å². The van der Waals surface area contributed by atoms with Crippen molar-refractivity contribution in [3.05, 3.63) is 49.1 Å². The van der Waals surface area contributed by atoms with Gasteiger partial charge in [-0.3, -0.25) is 14.3 Å². The highest BCUT2D eigenvalue weighted by atomic mass is 32.2. The molecule has 1 aliphatic heterocycles. The number of pyridine rings is 2. The maximum atomic E-state index is 12.1. The summed E-state index contributed by atoms with van der Waals surface area (Å²) in [5.74, 6) is 0. The maximum Gasteiger partial charge on any atom is 0.279 e. The van der Waals surface area contributed by atoms with Crippen LogP contribution in [-0.2, 0) is 22.8 Å². The number of nitriles is 1. The van der Waals surface area contributed by atoms with E-state index in [2.05, 4.69) is 20.9 Å². The number of nitrogens with zero attached hydrogens (tertiary/aromatic N) is 8. The summed E-state index contributed by atoms with van der Waals surface area (Å²) in [7, 11) is -0.353. The molecule has 4 aromatic rings. The van der Waals surface area contributed by atoms with Gasteiger partial charge in [0.05, 0.1) is 29.9 Å². The van der Waals surface area contributed by atoms with Crippen LogP contribution in [0.25, 0.3) is 33.5 Å². The van der Waals surface area contributed by atoms with Crippen molar-refractivity contribution in [3.8, 4) is 28.7 Å². The van der Waals surface area contributed by atoms with Gasteiger partial charge in [0, 0.05) is 56.7 Å². The van der Waals surface area contributed by atoms with Gasteiger partial charge in [-0.2, -0.15) is 28.2 Å². The summed E-state index contributed by atoms with van der Waals surface area (Å²) in [5, 5.41) is 19.2. The van der Waals surface area contributed by atoms with Gasteiger partial charge in [0.25, 0.3) is 10.2 Å². The molecule has 0 atom stereocenters. The van der Waals surface area contributed by atoms with Crippen molar-refractivity contribution in [2.75, 3.05) is 20.1 Å². The zero-order valence-corrected chi connectivity index (χ0v) is 18.9. The van der Waals surface area contributed by atoms with Gasteiger partial charge in [0.15, 0.2) is 0 Å². The lowest BCUT2D eigenvalue weighted by atomic mass is 9.89. The quantitative estimate of drug-likeness (QED) is 0.455. The first-order chi connectivity index (χ1) is 15.8. The predicted molar refractivity (Wildman–Crippen MR) is 121 cm³/mol. The number of nitrogens with one attached hydrogen (secondary N) is 1. The number of hydrogen-bond acceptors (Lipinski definition) is 7. The van der Waals surface area contributed by atoms with Crippen LogP contribution in [0, 0.1) is 11.3 Å². The van der Waals surface area contributed by atoms with Crippen LogP contribution < -0.4 is 4.72 Å². The Kier molecular flexibility index (Phi) is 4.97. The van der Waals surface area contributed by atoms with Crippen LogP contribution in [-0.4, -0.2) is 62.4 Å². The van der Waals surface area contributed by atoms with Crippen molar-refractivity contribution < 1.29 is 8.42 Å². The molecule has 1 aliphatic rings. The Morgan fingerprint density at radius 2 is 2.09 bits per heavy atom. The molecule has 0 bridgehead atoms.